The number of nitrogens with zero attached hydrogens (tertiary/aromatic N) is 3. The van der Waals surface area contributed by atoms with Crippen LogP contribution in [0.3, 0.4) is 0 Å². The third kappa shape index (κ3) is 4.42. The zero-order valence-corrected chi connectivity index (χ0v) is 19.1. The van der Waals surface area contributed by atoms with Crippen LogP contribution in [0.1, 0.15) is 17.4 Å². The van der Waals surface area contributed by atoms with Crippen molar-refractivity contribution in [3.05, 3.63) is 101 Å². The molecular weight excluding hydrogens is 432 g/mol. The molecule has 0 spiro atoms. The van der Waals surface area contributed by atoms with E-state index in [4.69, 9.17) is 0 Å². The van der Waals surface area contributed by atoms with Crippen molar-refractivity contribution >= 4 is 34.3 Å². The third-order valence-electron chi connectivity index (χ3n) is 5.77. The summed E-state index contributed by atoms with van der Waals surface area (Å²) in [6.07, 6.45) is 0. The predicted octanol–water partition coefficient (Wildman–Crippen LogP) is 4.24. The van der Waals surface area contributed by atoms with Crippen molar-refractivity contribution in [1.82, 2.24) is 14.9 Å². The second kappa shape index (κ2) is 9.21. The summed E-state index contributed by atoms with van der Waals surface area (Å²) in [5.41, 5.74) is 2.55. The standard InChI is InChI=1S/C26H24N4O2S/c1-29(15-24-27-20-12-6-5-11-19(20)26(32)28-24)16-25(31)30-21-13-7-8-14-23(21)33-17-22(30)18-9-3-2-4-10-18/h2-14,22H,15-17H2,1H3,(H,27,28,32)/t22-/m0/s1. The molecular formula is C26H24N4O2S. The zero-order chi connectivity index (χ0) is 22.8. The highest BCUT2D eigenvalue weighted by Gasteiger charge is 2.32. The van der Waals surface area contributed by atoms with Crippen molar-refractivity contribution in [2.45, 2.75) is 17.5 Å². The first-order valence-corrected chi connectivity index (χ1v) is 11.8. The zero-order valence-electron chi connectivity index (χ0n) is 18.3. The molecule has 0 aliphatic carbocycles. The van der Waals surface area contributed by atoms with Gasteiger partial charge in [0.25, 0.3) is 5.56 Å². The van der Waals surface area contributed by atoms with Crippen LogP contribution in [0.5, 0.6) is 0 Å². The van der Waals surface area contributed by atoms with Gasteiger partial charge in [-0.25, -0.2) is 4.98 Å². The molecule has 0 fully saturated rings. The summed E-state index contributed by atoms with van der Waals surface area (Å²) in [5, 5.41) is 0.563. The van der Waals surface area contributed by atoms with E-state index in [2.05, 4.69) is 28.2 Å². The maximum Gasteiger partial charge on any atom is 0.258 e. The monoisotopic (exact) mass is 456 g/mol. The molecule has 33 heavy (non-hydrogen) atoms. The Hall–Kier alpha value is -3.42. The van der Waals surface area contributed by atoms with E-state index in [0.717, 1.165) is 21.9 Å². The van der Waals surface area contributed by atoms with Gasteiger partial charge in [-0.2, -0.15) is 0 Å². The van der Waals surface area contributed by atoms with Crippen LogP contribution < -0.4 is 10.5 Å². The van der Waals surface area contributed by atoms with Gasteiger partial charge in [-0.3, -0.25) is 14.5 Å². The Morgan fingerprint density at radius 2 is 1.79 bits per heavy atom. The number of H-pyrrole nitrogens is 1. The molecule has 5 rings (SSSR count). The fraction of sp³-hybridized carbons (Fsp3) is 0.192. The molecule has 1 aromatic heterocycles. The Morgan fingerprint density at radius 1 is 1.06 bits per heavy atom. The summed E-state index contributed by atoms with van der Waals surface area (Å²) < 4.78 is 0. The van der Waals surface area contributed by atoms with Gasteiger partial charge in [-0.05, 0) is 36.9 Å². The molecule has 1 N–H and O–H groups in total. The van der Waals surface area contributed by atoms with E-state index in [0.29, 0.717) is 23.3 Å². The van der Waals surface area contributed by atoms with Crippen LogP contribution >= 0.6 is 11.8 Å². The number of para-hydroxylation sites is 2. The molecule has 0 radical (unpaired) electrons. The van der Waals surface area contributed by atoms with Gasteiger partial charge >= 0.3 is 0 Å². The highest BCUT2D eigenvalue weighted by Crippen LogP contribution is 2.43. The van der Waals surface area contributed by atoms with Crippen molar-refractivity contribution in [2.75, 3.05) is 24.2 Å². The van der Waals surface area contributed by atoms with E-state index in [9.17, 15) is 9.59 Å². The summed E-state index contributed by atoms with van der Waals surface area (Å²) in [6.45, 7) is 0.574. The summed E-state index contributed by atoms with van der Waals surface area (Å²) in [4.78, 5) is 38.3. The SMILES string of the molecule is CN(CC(=O)N1c2ccccc2SC[C@H]1c1ccccc1)Cc1nc2ccccc2c(=O)[nH]1. The van der Waals surface area contributed by atoms with Gasteiger partial charge in [0, 0.05) is 10.6 Å². The van der Waals surface area contributed by atoms with Crippen LogP contribution in [-0.4, -0.2) is 40.1 Å². The second-order valence-electron chi connectivity index (χ2n) is 8.17. The fourth-order valence-corrected chi connectivity index (χ4v) is 5.41. The quantitative estimate of drug-likeness (QED) is 0.487. The van der Waals surface area contributed by atoms with E-state index in [1.807, 2.05) is 71.4 Å². The maximum absolute atomic E-state index is 13.6. The van der Waals surface area contributed by atoms with Crippen LogP contribution in [0, 0.1) is 0 Å². The molecule has 0 bridgehead atoms. The minimum absolute atomic E-state index is 0.0160. The highest BCUT2D eigenvalue weighted by molar-refractivity contribution is 7.99. The minimum atomic E-state index is -0.165. The molecule has 7 heteroatoms. The number of hydrogen-bond acceptors (Lipinski definition) is 5. The lowest BCUT2D eigenvalue weighted by Crippen LogP contribution is -2.43. The fourth-order valence-electron chi connectivity index (χ4n) is 4.25. The first-order chi connectivity index (χ1) is 16.1. The number of carbonyl (C=O) groups is 1. The average molecular weight is 457 g/mol. The molecule has 0 unspecified atom stereocenters. The van der Waals surface area contributed by atoms with Gasteiger partial charge in [0.15, 0.2) is 0 Å². The van der Waals surface area contributed by atoms with Gasteiger partial charge in [0.1, 0.15) is 5.82 Å². The van der Waals surface area contributed by atoms with Gasteiger partial charge in [-0.15, -0.1) is 11.8 Å². The average Bonchev–Trinajstić information content (AvgIpc) is 2.83. The summed E-state index contributed by atoms with van der Waals surface area (Å²) in [7, 11) is 1.87. The van der Waals surface area contributed by atoms with Crippen molar-refractivity contribution in [2.24, 2.45) is 0 Å². The molecule has 1 aliphatic rings. The highest BCUT2D eigenvalue weighted by atomic mass is 32.2. The Kier molecular flexibility index (Phi) is 5.98. The molecule has 0 saturated carbocycles. The van der Waals surface area contributed by atoms with E-state index in [-0.39, 0.29) is 24.1 Å². The Labute approximate surface area is 196 Å². The number of likely N-dealkylation sites (N-methyl/N-ethyl adjacent to an activating group) is 1. The normalized spacial score (nSPS) is 15.6. The number of thioether (sulfide) groups is 1. The summed E-state index contributed by atoms with van der Waals surface area (Å²) in [5.74, 6) is 1.36. The Balaban J connectivity index is 1.39. The first-order valence-electron chi connectivity index (χ1n) is 10.9. The lowest BCUT2D eigenvalue weighted by atomic mass is 10.1. The Bertz CT molecular complexity index is 1360. The smallest absolute Gasteiger partial charge is 0.258 e. The van der Waals surface area contributed by atoms with Crippen molar-refractivity contribution < 1.29 is 4.79 Å². The maximum atomic E-state index is 13.6. The number of rotatable bonds is 5. The van der Waals surface area contributed by atoms with Crippen LogP contribution in [-0.2, 0) is 11.3 Å². The molecule has 2 heterocycles. The van der Waals surface area contributed by atoms with Crippen LogP contribution in [0.25, 0.3) is 10.9 Å². The number of benzene rings is 3. The number of carbonyl (C=O) groups excluding carboxylic acids is 1. The Morgan fingerprint density at radius 3 is 2.64 bits per heavy atom. The first kappa shape index (κ1) is 21.4. The number of anilines is 1. The molecule has 1 amide bonds. The van der Waals surface area contributed by atoms with Gasteiger partial charge < -0.3 is 9.88 Å². The number of nitrogens with one attached hydrogen (secondary N) is 1. The summed E-state index contributed by atoms with van der Waals surface area (Å²) >= 11 is 1.78. The van der Waals surface area contributed by atoms with E-state index in [1.54, 1.807) is 17.8 Å². The molecule has 1 atom stereocenters. The number of hydrogen-bond donors (Lipinski definition) is 1. The van der Waals surface area contributed by atoms with Crippen LogP contribution in [0.15, 0.2) is 88.6 Å². The number of aromatic amines is 1. The molecule has 166 valence electrons. The van der Waals surface area contributed by atoms with Gasteiger partial charge in [0.2, 0.25) is 5.91 Å². The van der Waals surface area contributed by atoms with Crippen LogP contribution in [0.2, 0.25) is 0 Å². The van der Waals surface area contributed by atoms with Crippen molar-refractivity contribution in [3.8, 4) is 0 Å². The van der Waals surface area contributed by atoms with Gasteiger partial charge in [0.05, 0.1) is 35.7 Å². The van der Waals surface area contributed by atoms with E-state index < -0.39 is 0 Å². The lowest BCUT2D eigenvalue weighted by molar-refractivity contribution is -0.120. The lowest BCUT2D eigenvalue weighted by Gasteiger charge is -2.38. The number of fused-ring (bicyclic) bond motifs is 2. The topological polar surface area (TPSA) is 69.3 Å². The summed E-state index contributed by atoms with van der Waals surface area (Å²) in [6, 6.07) is 25.4. The number of amides is 1. The van der Waals surface area contributed by atoms with Gasteiger partial charge in [-0.1, -0.05) is 54.6 Å². The third-order valence-corrected chi connectivity index (χ3v) is 6.91. The van der Waals surface area contributed by atoms with Crippen molar-refractivity contribution in [3.63, 3.8) is 0 Å². The van der Waals surface area contributed by atoms with Crippen molar-refractivity contribution in [1.29, 1.82) is 0 Å². The molecule has 1 aliphatic heterocycles. The van der Waals surface area contributed by atoms with E-state index >= 15 is 0 Å². The van der Waals surface area contributed by atoms with E-state index in [1.165, 1.54) is 0 Å². The minimum Gasteiger partial charge on any atom is -0.309 e. The molecule has 6 nitrogen and oxygen atoms in total. The van der Waals surface area contributed by atoms with Crippen LogP contribution in [0.4, 0.5) is 5.69 Å². The predicted molar refractivity (Wildman–Crippen MR) is 133 cm³/mol. The molecule has 3 aromatic carbocycles. The molecule has 0 saturated heterocycles. The second-order valence-corrected chi connectivity index (χ2v) is 9.23. The molecule has 4 aromatic rings. The largest absolute Gasteiger partial charge is 0.309 e. The number of aromatic nitrogens is 2.